The summed E-state index contributed by atoms with van der Waals surface area (Å²) in [5.41, 5.74) is 0.985. The lowest BCUT2D eigenvalue weighted by Crippen LogP contribution is -2.16. The first-order valence-corrected chi connectivity index (χ1v) is 7.59. The fraction of sp³-hybridized carbons (Fsp3) is 0.500. The fourth-order valence-electron chi connectivity index (χ4n) is 3.13. The van der Waals surface area contributed by atoms with Crippen molar-refractivity contribution in [3.8, 4) is 5.75 Å². The molecule has 0 amide bonds. The Hall–Kier alpha value is -2.04. The van der Waals surface area contributed by atoms with Crippen molar-refractivity contribution in [2.45, 2.75) is 38.0 Å². The van der Waals surface area contributed by atoms with Gasteiger partial charge in [-0.2, -0.15) is 0 Å². The third-order valence-electron chi connectivity index (χ3n) is 4.39. The van der Waals surface area contributed by atoms with Gasteiger partial charge in [0.2, 0.25) is 5.95 Å². The Balaban J connectivity index is 1.85. The summed E-state index contributed by atoms with van der Waals surface area (Å²) in [6.07, 6.45) is 6.36. The van der Waals surface area contributed by atoms with E-state index in [9.17, 15) is 5.11 Å². The Morgan fingerprint density at radius 3 is 2.43 bits per heavy atom. The smallest absolute Gasteiger partial charge is 0.231 e. The quantitative estimate of drug-likeness (QED) is 0.940. The third kappa shape index (κ3) is 2.73. The molecular weight excluding hydrogens is 264 g/mol. The molecule has 1 aromatic carbocycles. The molecule has 3 rings (SSSR count). The second-order valence-electron chi connectivity index (χ2n) is 5.83. The van der Waals surface area contributed by atoms with Crippen LogP contribution in [-0.2, 0) is 7.05 Å². The number of nitrogens with zero attached hydrogens (tertiary/aromatic N) is 4. The average Bonchev–Trinajstić information content (AvgIpc) is 2.90. The minimum Gasteiger partial charge on any atom is -0.508 e. The highest BCUT2D eigenvalue weighted by molar-refractivity contribution is 5.57. The summed E-state index contributed by atoms with van der Waals surface area (Å²) in [6, 6.07) is 7.13. The number of phenolic OH excluding ortho intramolecular Hbond substituents is 1. The first kappa shape index (κ1) is 13.9. The SMILES string of the molecule is CN(c1ccc(O)cc1)c1nnc(C2CCCCC2)n1C. The summed E-state index contributed by atoms with van der Waals surface area (Å²) in [7, 11) is 4.01. The van der Waals surface area contributed by atoms with Crippen LogP contribution in [0.1, 0.15) is 43.8 Å². The van der Waals surface area contributed by atoms with Gasteiger partial charge in [0.05, 0.1) is 0 Å². The van der Waals surface area contributed by atoms with Gasteiger partial charge in [0.25, 0.3) is 0 Å². The maximum absolute atomic E-state index is 9.39. The van der Waals surface area contributed by atoms with Crippen molar-refractivity contribution in [1.29, 1.82) is 0 Å². The molecule has 1 aliphatic carbocycles. The summed E-state index contributed by atoms with van der Waals surface area (Å²) in [4.78, 5) is 2.00. The summed E-state index contributed by atoms with van der Waals surface area (Å²) < 4.78 is 2.10. The van der Waals surface area contributed by atoms with Gasteiger partial charge in [-0.05, 0) is 37.1 Å². The van der Waals surface area contributed by atoms with E-state index in [0.717, 1.165) is 17.5 Å². The molecule has 1 heterocycles. The number of anilines is 2. The van der Waals surface area contributed by atoms with Crippen LogP contribution in [0.25, 0.3) is 0 Å². The molecule has 2 aromatic rings. The van der Waals surface area contributed by atoms with E-state index in [2.05, 4.69) is 14.8 Å². The number of benzene rings is 1. The van der Waals surface area contributed by atoms with Crippen LogP contribution < -0.4 is 4.90 Å². The lowest BCUT2D eigenvalue weighted by Gasteiger charge is -2.22. The van der Waals surface area contributed by atoms with Crippen molar-refractivity contribution in [1.82, 2.24) is 14.8 Å². The molecule has 0 saturated heterocycles. The van der Waals surface area contributed by atoms with Crippen LogP contribution in [0.15, 0.2) is 24.3 Å². The van der Waals surface area contributed by atoms with Gasteiger partial charge in [0.15, 0.2) is 0 Å². The molecule has 0 aliphatic heterocycles. The van der Waals surface area contributed by atoms with Crippen LogP contribution >= 0.6 is 0 Å². The second kappa shape index (κ2) is 5.76. The molecule has 1 fully saturated rings. The zero-order valence-electron chi connectivity index (χ0n) is 12.7. The standard InChI is InChI=1S/C16H22N4O/c1-19(13-8-10-14(21)11-9-13)16-18-17-15(20(16)2)12-6-4-3-5-7-12/h8-12,21H,3-7H2,1-2H3. The number of hydrogen-bond donors (Lipinski definition) is 1. The van der Waals surface area contributed by atoms with Gasteiger partial charge in [0, 0.05) is 25.7 Å². The highest BCUT2D eigenvalue weighted by Crippen LogP contribution is 2.33. The van der Waals surface area contributed by atoms with Crippen LogP contribution in [0.4, 0.5) is 11.6 Å². The normalized spacial score (nSPS) is 16.1. The number of phenols is 1. The summed E-state index contributed by atoms with van der Waals surface area (Å²) >= 11 is 0. The highest BCUT2D eigenvalue weighted by atomic mass is 16.3. The number of aromatic nitrogens is 3. The van der Waals surface area contributed by atoms with Crippen molar-refractivity contribution in [3.05, 3.63) is 30.1 Å². The number of hydrogen-bond acceptors (Lipinski definition) is 4. The Labute approximate surface area is 125 Å². The van der Waals surface area contributed by atoms with E-state index in [4.69, 9.17) is 0 Å². The molecule has 0 radical (unpaired) electrons. The minimum atomic E-state index is 0.271. The van der Waals surface area contributed by atoms with Gasteiger partial charge in [-0.3, -0.25) is 4.57 Å². The first-order valence-electron chi connectivity index (χ1n) is 7.59. The molecule has 21 heavy (non-hydrogen) atoms. The highest BCUT2D eigenvalue weighted by Gasteiger charge is 2.23. The maximum atomic E-state index is 9.39. The van der Waals surface area contributed by atoms with Gasteiger partial charge in [-0.15, -0.1) is 10.2 Å². The molecule has 1 N–H and O–H groups in total. The molecule has 112 valence electrons. The lowest BCUT2D eigenvalue weighted by molar-refractivity contribution is 0.420. The topological polar surface area (TPSA) is 54.2 Å². The van der Waals surface area contributed by atoms with Crippen molar-refractivity contribution >= 4 is 11.6 Å². The largest absolute Gasteiger partial charge is 0.508 e. The Bertz CT molecular complexity index is 599. The molecule has 1 aliphatic rings. The van der Waals surface area contributed by atoms with Crippen LogP contribution in [-0.4, -0.2) is 26.9 Å². The van der Waals surface area contributed by atoms with Crippen LogP contribution in [0.5, 0.6) is 5.75 Å². The summed E-state index contributed by atoms with van der Waals surface area (Å²) in [5.74, 6) is 2.74. The Kier molecular flexibility index (Phi) is 3.82. The summed E-state index contributed by atoms with van der Waals surface area (Å²) in [6.45, 7) is 0. The predicted molar refractivity (Wildman–Crippen MR) is 83.0 cm³/mol. The minimum absolute atomic E-state index is 0.271. The van der Waals surface area contributed by atoms with Crippen LogP contribution in [0.3, 0.4) is 0 Å². The van der Waals surface area contributed by atoms with Gasteiger partial charge >= 0.3 is 0 Å². The van der Waals surface area contributed by atoms with Crippen molar-refractivity contribution in [2.24, 2.45) is 7.05 Å². The predicted octanol–water partition coefficient (Wildman–Crippen LogP) is 3.34. The van der Waals surface area contributed by atoms with E-state index < -0.39 is 0 Å². The maximum Gasteiger partial charge on any atom is 0.231 e. The van der Waals surface area contributed by atoms with Crippen LogP contribution in [0, 0.1) is 0 Å². The molecular formula is C16H22N4O. The van der Waals surface area contributed by atoms with E-state index in [1.54, 1.807) is 12.1 Å². The molecule has 5 nitrogen and oxygen atoms in total. The zero-order chi connectivity index (χ0) is 14.8. The molecule has 0 unspecified atom stereocenters. The van der Waals surface area contributed by atoms with Gasteiger partial charge < -0.3 is 10.0 Å². The number of aromatic hydroxyl groups is 1. The van der Waals surface area contributed by atoms with Gasteiger partial charge in [-0.1, -0.05) is 19.3 Å². The fourth-order valence-corrected chi connectivity index (χ4v) is 3.13. The van der Waals surface area contributed by atoms with Gasteiger partial charge in [-0.25, -0.2) is 0 Å². The number of rotatable bonds is 3. The second-order valence-corrected chi connectivity index (χ2v) is 5.83. The third-order valence-corrected chi connectivity index (χ3v) is 4.39. The molecule has 5 heteroatoms. The lowest BCUT2D eigenvalue weighted by atomic mass is 9.89. The Morgan fingerprint density at radius 2 is 1.76 bits per heavy atom. The Morgan fingerprint density at radius 1 is 1.10 bits per heavy atom. The molecule has 0 atom stereocenters. The van der Waals surface area contributed by atoms with Gasteiger partial charge in [0.1, 0.15) is 11.6 Å². The van der Waals surface area contributed by atoms with E-state index in [1.165, 1.54) is 32.1 Å². The molecule has 0 spiro atoms. The summed E-state index contributed by atoms with van der Waals surface area (Å²) in [5, 5.41) is 18.2. The van der Waals surface area contributed by atoms with Crippen molar-refractivity contribution in [2.75, 3.05) is 11.9 Å². The zero-order valence-corrected chi connectivity index (χ0v) is 12.7. The molecule has 1 aromatic heterocycles. The first-order chi connectivity index (χ1) is 10.2. The van der Waals surface area contributed by atoms with E-state index in [0.29, 0.717) is 5.92 Å². The van der Waals surface area contributed by atoms with E-state index >= 15 is 0 Å². The average molecular weight is 286 g/mol. The monoisotopic (exact) mass is 286 g/mol. The van der Waals surface area contributed by atoms with Crippen molar-refractivity contribution in [3.63, 3.8) is 0 Å². The molecule has 0 bridgehead atoms. The van der Waals surface area contributed by atoms with Crippen molar-refractivity contribution < 1.29 is 5.11 Å². The van der Waals surface area contributed by atoms with Crippen LogP contribution in [0.2, 0.25) is 0 Å². The van der Waals surface area contributed by atoms with E-state index in [1.807, 2.05) is 31.1 Å². The molecule has 1 saturated carbocycles. The van der Waals surface area contributed by atoms with E-state index in [-0.39, 0.29) is 5.75 Å².